The van der Waals surface area contributed by atoms with Crippen LogP contribution in [-0.2, 0) is 4.79 Å². The molecule has 0 saturated carbocycles. The first-order chi connectivity index (χ1) is 10.5. The van der Waals surface area contributed by atoms with Crippen molar-refractivity contribution in [1.82, 2.24) is 0 Å². The van der Waals surface area contributed by atoms with Crippen LogP contribution in [0.3, 0.4) is 0 Å². The Morgan fingerprint density at radius 2 is 1.91 bits per heavy atom. The number of phenols is 1. The molecule has 0 radical (unpaired) electrons. The molecule has 1 heterocycles. The van der Waals surface area contributed by atoms with Crippen LogP contribution in [0.15, 0.2) is 56.8 Å². The van der Waals surface area contributed by atoms with E-state index in [9.17, 15) is 9.90 Å². The van der Waals surface area contributed by atoms with Gasteiger partial charge in [-0.1, -0.05) is 57.5 Å². The Bertz CT molecular complexity index is 790. The molecule has 1 aliphatic rings. The van der Waals surface area contributed by atoms with Crippen LogP contribution in [0.1, 0.15) is 16.7 Å². The van der Waals surface area contributed by atoms with Crippen LogP contribution in [0.5, 0.6) is 5.75 Å². The number of halogens is 1. The lowest BCUT2D eigenvalue weighted by Crippen LogP contribution is -1.90. The number of benzene rings is 2. The van der Waals surface area contributed by atoms with Crippen molar-refractivity contribution in [2.45, 2.75) is 6.92 Å². The SMILES string of the molecule is Cc1ccc(C2=NC(=O)/C(=C/c3cc(O)cc(Br)c3)S2)cc1. The van der Waals surface area contributed by atoms with E-state index in [0.29, 0.717) is 9.95 Å². The molecule has 3 nitrogen and oxygen atoms in total. The first kappa shape index (κ1) is 15.1. The van der Waals surface area contributed by atoms with Gasteiger partial charge in [0.15, 0.2) is 0 Å². The Balaban J connectivity index is 1.88. The average Bonchev–Trinajstić information content (AvgIpc) is 2.80. The van der Waals surface area contributed by atoms with Gasteiger partial charge in [-0.05, 0) is 36.8 Å². The number of thioether (sulfide) groups is 1. The highest BCUT2D eigenvalue weighted by Crippen LogP contribution is 2.33. The van der Waals surface area contributed by atoms with E-state index in [1.54, 1.807) is 18.2 Å². The van der Waals surface area contributed by atoms with Crippen molar-refractivity contribution in [1.29, 1.82) is 0 Å². The molecule has 0 atom stereocenters. The second-order valence-electron chi connectivity index (χ2n) is 4.94. The van der Waals surface area contributed by atoms with Crippen molar-refractivity contribution >= 4 is 44.7 Å². The molecular weight excluding hydrogens is 362 g/mol. The van der Waals surface area contributed by atoms with Gasteiger partial charge in [-0.15, -0.1) is 0 Å². The number of hydrogen-bond acceptors (Lipinski definition) is 3. The van der Waals surface area contributed by atoms with E-state index in [1.165, 1.54) is 17.3 Å². The lowest BCUT2D eigenvalue weighted by atomic mass is 10.2. The number of carbonyl (C=O) groups excluding carboxylic acids is 1. The Morgan fingerprint density at radius 1 is 1.18 bits per heavy atom. The van der Waals surface area contributed by atoms with Gasteiger partial charge in [-0.2, -0.15) is 0 Å². The number of nitrogens with zero attached hydrogens (tertiary/aromatic N) is 1. The summed E-state index contributed by atoms with van der Waals surface area (Å²) >= 11 is 4.67. The maximum absolute atomic E-state index is 12.0. The number of aryl methyl sites for hydroxylation is 1. The summed E-state index contributed by atoms with van der Waals surface area (Å²) in [5, 5.41) is 10.3. The Kier molecular flexibility index (Phi) is 4.18. The van der Waals surface area contributed by atoms with Gasteiger partial charge < -0.3 is 5.11 Å². The molecule has 1 amide bonds. The number of aromatic hydroxyl groups is 1. The number of rotatable bonds is 2. The Labute approximate surface area is 140 Å². The normalized spacial score (nSPS) is 16.2. The smallest absolute Gasteiger partial charge is 0.284 e. The molecule has 0 bridgehead atoms. The molecule has 2 aromatic rings. The van der Waals surface area contributed by atoms with Crippen LogP contribution < -0.4 is 0 Å². The predicted molar refractivity (Wildman–Crippen MR) is 94.1 cm³/mol. The molecule has 0 unspecified atom stereocenters. The first-order valence-electron chi connectivity index (χ1n) is 6.60. The van der Waals surface area contributed by atoms with Crippen LogP contribution >= 0.6 is 27.7 Å². The molecule has 2 aromatic carbocycles. The third kappa shape index (κ3) is 3.31. The van der Waals surface area contributed by atoms with Crippen LogP contribution in [0, 0.1) is 6.92 Å². The van der Waals surface area contributed by atoms with Gasteiger partial charge in [0.05, 0.1) is 4.91 Å². The van der Waals surface area contributed by atoms with Gasteiger partial charge in [0, 0.05) is 10.0 Å². The quantitative estimate of drug-likeness (QED) is 0.786. The largest absolute Gasteiger partial charge is 0.508 e. The minimum absolute atomic E-state index is 0.149. The highest BCUT2D eigenvalue weighted by molar-refractivity contribution is 9.10. The Hall–Kier alpha value is -1.85. The molecule has 0 aliphatic carbocycles. The summed E-state index contributed by atoms with van der Waals surface area (Å²) in [6.07, 6.45) is 1.74. The molecule has 1 N–H and O–H groups in total. The first-order valence-corrected chi connectivity index (χ1v) is 8.21. The predicted octanol–water partition coefficient (Wildman–Crippen LogP) is 4.52. The zero-order valence-corrected chi connectivity index (χ0v) is 14.1. The van der Waals surface area contributed by atoms with E-state index in [4.69, 9.17) is 0 Å². The third-order valence-electron chi connectivity index (χ3n) is 3.12. The average molecular weight is 374 g/mol. The van der Waals surface area contributed by atoms with Crippen molar-refractivity contribution in [3.63, 3.8) is 0 Å². The van der Waals surface area contributed by atoms with E-state index < -0.39 is 0 Å². The zero-order valence-electron chi connectivity index (χ0n) is 11.7. The Morgan fingerprint density at radius 3 is 2.59 bits per heavy atom. The molecule has 5 heteroatoms. The van der Waals surface area contributed by atoms with Gasteiger partial charge in [-0.25, -0.2) is 4.99 Å². The lowest BCUT2D eigenvalue weighted by Gasteiger charge is -2.01. The van der Waals surface area contributed by atoms with Crippen LogP contribution in [0.25, 0.3) is 6.08 Å². The van der Waals surface area contributed by atoms with Gasteiger partial charge in [0.1, 0.15) is 10.8 Å². The molecule has 22 heavy (non-hydrogen) atoms. The van der Waals surface area contributed by atoms with Crippen LogP contribution in [0.4, 0.5) is 0 Å². The highest BCUT2D eigenvalue weighted by Gasteiger charge is 2.22. The van der Waals surface area contributed by atoms with Crippen molar-refractivity contribution in [3.8, 4) is 5.75 Å². The maximum atomic E-state index is 12.0. The van der Waals surface area contributed by atoms with E-state index in [2.05, 4.69) is 20.9 Å². The maximum Gasteiger partial charge on any atom is 0.284 e. The summed E-state index contributed by atoms with van der Waals surface area (Å²) in [6.45, 7) is 2.02. The highest BCUT2D eigenvalue weighted by atomic mass is 79.9. The van der Waals surface area contributed by atoms with E-state index in [-0.39, 0.29) is 11.7 Å². The van der Waals surface area contributed by atoms with Crippen molar-refractivity contribution < 1.29 is 9.90 Å². The zero-order chi connectivity index (χ0) is 15.7. The third-order valence-corrected chi connectivity index (χ3v) is 4.61. The van der Waals surface area contributed by atoms with E-state index in [1.807, 2.05) is 37.3 Å². The summed E-state index contributed by atoms with van der Waals surface area (Å²) in [4.78, 5) is 16.7. The van der Waals surface area contributed by atoms with Gasteiger partial charge >= 0.3 is 0 Å². The second-order valence-corrected chi connectivity index (χ2v) is 6.89. The fourth-order valence-corrected chi connectivity index (χ4v) is 3.48. The number of phenolic OH excluding ortho intramolecular Hbond substituents is 1. The fourth-order valence-electron chi connectivity index (χ4n) is 2.06. The van der Waals surface area contributed by atoms with Crippen molar-refractivity contribution in [2.24, 2.45) is 4.99 Å². The molecule has 1 aliphatic heterocycles. The number of hydrogen-bond donors (Lipinski definition) is 1. The van der Waals surface area contributed by atoms with Crippen LogP contribution in [0.2, 0.25) is 0 Å². The molecule has 0 fully saturated rings. The number of carbonyl (C=O) groups is 1. The topological polar surface area (TPSA) is 49.7 Å². The number of amides is 1. The standard InChI is InChI=1S/C17H12BrNO2S/c1-10-2-4-12(5-3-10)17-19-16(21)15(22-17)8-11-6-13(18)9-14(20)7-11/h2-9,20H,1H3/b15-8-. The van der Waals surface area contributed by atoms with Crippen molar-refractivity contribution in [2.75, 3.05) is 0 Å². The van der Waals surface area contributed by atoms with Crippen LogP contribution in [-0.4, -0.2) is 16.1 Å². The fraction of sp³-hybridized carbons (Fsp3) is 0.0588. The number of aliphatic imine (C=N–C) groups is 1. The molecule has 110 valence electrons. The summed E-state index contributed by atoms with van der Waals surface area (Å²) in [5.74, 6) is -0.101. The minimum atomic E-state index is -0.250. The lowest BCUT2D eigenvalue weighted by molar-refractivity contribution is -0.113. The van der Waals surface area contributed by atoms with Gasteiger partial charge in [0.25, 0.3) is 5.91 Å². The summed E-state index contributed by atoms with van der Waals surface area (Å²) in [7, 11) is 0. The monoisotopic (exact) mass is 373 g/mol. The van der Waals surface area contributed by atoms with E-state index >= 15 is 0 Å². The molecule has 0 saturated heterocycles. The summed E-state index contributed by atoms with van der Waals surface area (Å²) in [5.41, 5.74) is 2.85. The summed E-state index contributed by atoms with van der Waals surface area (Å²) in [6, 6.07) is 13.0. The molecule has 3 rings (SSSR count). The van der Waals surface area contributed by atoms with Crippen molar-refractivity contribution in [3.05, 3.63) is 68.5 Å². The molecular formula is C17H12BrNO2S. The van der Waals surface area contributed by atoms with E-state index in [0.717, 1.165) is 15.6 Å². The van der Waals surface area contributed by atoms with Gasteiger partial charge in [0.2, 0.25) is 0 Å². The molecule has 0 spiro atoms. The summed E-state index contributed by atoms with van der Waals surface area (Å²) < 4.78 is 0.759. The molecule has 0 aromatic heterocycles. The minimum Gasteiger partial charge on any atom is -0.508 e. The van der Waals surface area contributed by atoms with Gasteiger partial charge in [-0.3, -0.25) is 4.79 Å². The second kappa shape index (κ2) is 6.10.